The van der Waals surface area contributed by atoms with Crippen LogP contribution in [0.1, 0.15) is 45.6 Å². The highest BCUT2D eigenvalue weighted by molar-refractivity contribution is 7.92. The van der Waals surface area contributed by atoms with E-state index in [1.54, 1.807) is 29.2 Å². The summed E-state index contributed by atoms with van der Waals surface area (Å²) in [6.07, 6.45) is 2.69. The Balaban J connectivity index is 2.14. The standard InChI is InChI=1S/C26H36ClN3O4S/c1-5-24(26(32)28-20(2)3)29(19-17-21-10-7-6-8-11-21)25(31)12-9-18-30(35(4,33)34)23-15-13-22(27)14-16-23/h6-8,10-11,13-16,20,24H,5,9,12,17-19H2,1-4H3,(H,28,32). The van der Waals surface area contributed by atoms with Crippen molar-refractivity contribution in [1.82, 2.24) is 10.2 Å². The number of anilines is 1. The summed E-state index contributed by atoms with van der Waals surface area (Å²) in [4.78, 5) is 27.8. The van der Waals surface area contributed by atoms with Crippen molar-refractivity contribution in [1.29, 1.82) is 0 Å². The summed E-state index contributed by atoms with van der Waals surface area (Å²) in [6, 6.07) is 15.7. The van der Waals surface area contributed by atoms with Crippen molar-refractivity contribution >= 4 is 39.1 Å². The lowest BCUT2D eigenvalue weighted by Gasteiger charge is -2.31. The van der Waals surface area contributed by atoms with Gasteiger partial charge >= 0.3 is 0 Å². The third-order valence-corrected chi connectivity index (χ3v) is 7.01. The van der Waals surface area contributed by atoms with Crippen molar-refractivity contribution in [2.75, 3.05) is 23.7 Å². The number of nitrogens with one attached hydrogen (secondary N) is 1. The molecule has 0 fully saturated rings. The Morgan fingerprint density at radius 1 is 1.00 bits per heavy atom. The van der Waals surface area contributed by atoms with Crippen molar-refractivity contribution in [2.45, 2.75) is 58.5 Å². The Morgan fingerprint density at radius 3 is 2.17 bits per heavy atom. The van der Waals surface area contributed by atoms with E-state index >= 15 is 0 Å². The van der Waals surface area contributed by atoms with Crippen LogP contribution in [0, 0.1) is 0 Å². The fourth-order valence-corrected chi connectivity index (χ4v) is 4.98. The van der Waals surface area contributed by atoms with Crippen LogP contribution in [-0.4, -0.2) is 56.6 Å². The third-order valence-electron chi connectivity index (χ3n) is 5.57. The highest BCUT2D eigenvalue weighted by atomic mass is 35.5. The van der Waals surface area contributed by atoms with Crippen LogP contribution >= 0.6 is 11.6 Å². The topological polar surface area (TPSA) is 86.8 Å². The molecule has 0 radical (unpaired) electrons. The molecule has 9 heteroatoms. The van der Waals surface area contributed by atoms with E-state index in [2.05, 4.69) is 5.32 Å². The zero-order valence-electron chi connectivity index (χ0n) is 20.9. The van der Waals surface area contributed by atoms with E-state index in [1.165, 1.54) is 4.31 Å². The fraction of sp³-hybridized carbons (Fsp3) is 0.462. The summed E-state index contributed by atoms with van der Waals surface area (Å²) in [5, 5.41) is 3.43. The maximum atomic E-state index is 13.3. The van der Waals surface area contributed by atoms with Gasteiger partial charge in [0.05, 0.1) is 11.9 Å². The number of hydrogen-bond donors (Lipinski definition) is 1. The SMILES string of the molecule is CCC(C(=O)NC(C)C)N(CCc1ccccc1)C(=O)CCCN(c1ccc(Cl)cc1)S(C)(=O)=O. The van der Waals surface area contributed by atoms with Gasteiger partial charge in [-0.3, -0.25) is 13.9 Å². The summed E-state index contributed by atoms with van der Waals surface area (Å²) >= 11 is 5.93. The molecule has 0 aliphatic rings. The second kappa shape index (κ2) is 13.5. The van der Waals surface area contributed by atoms with Gasteiger partial charge in [-0.25, -0.2) is 8.42 Å². The fourth-order valence-electron chi connectivity index (χ4n) is 3.89. The number of rotatable bonds is 13. The maximum Gasteiger partial charge on any atom is 0.242 e. The van der Waals surface area contributed by atoms with Crippen LogP contribution in [0.5, 0.6) is 0 Å². The Bertz CT molecular complexity index is 1060. The first kappa shape index (κ1) is 28.7. The van der Waals surface area contributed by atoms with E-state index < -0.39 is 16.1 Å². The Kier molecular flexibility index (Phi) is 11.0. The van der Waals surface area contributed by atoms with E-state index in [0.29, 0.717) is 36.5 Å². The van der Waals surface area contributed by atoms with Crippen molar-refractivity contribution in [3.8, 4) is 0 Å². The van der Waals surface area contributed by atoms with Gasteiger partial charge in [-0.2, -0.15) is 0 Å². The lowest BCUT2D eigenvalue weighted by atomic mass is 10.1. The molecule has 0 aromatic heterocycles. The predicted molar refractivity (Wildman–Crippen MR) is 142 cm³/mol. The second-order valence-electron chi connectivity index (χ2n) is 8.83. The minimum atomic E-state index is -3.54. The molecule has 0 bridgehead atoms. The summed E-state index contributed by atoms with van der Waals surface area (Å²) in [5.74, 6) is -0.348. The Morgan fingerprint density at radius 2 is 1.63 bits per heavy atom. The van der Waals surface area contributed by atoms with Crippen LogP contribution in [0.3, 0.4) is 0 Å². The number of carbonyl (C=O) groups is 2. The molecule has 0 saturated heterocycles. The van der Waals surface area contributed by atoms with Crippen LogP contribution in [-0.2, 0) is 26.0 Å². The number of nitrogens with zero attached hydrogens (tertiary/aromatic N) is 2. The number of sulfonamides is 1. The molecule has 35 heavy (non-hydrogen) atoms. The molecule has 2 amide bonds. The Labute approximate surface area is 214 Å². The van der Waals surface area contributed by atoms with Crippen LogP contribution in [0.2, 0.25) is 5.02 Å². The van der Waals surface area contributed by atoms with Crippen molar-refractivity contribution in [3.05, 3.63) is 65.2 Å². The minimum Gasteiger partial charge on any atom is -0.352 e. The molecule has 0 aliphatic carbocycles. The van der Waals surface area contributed by atoms with Gasteiger partial charge in [0.25, 0.3) is 0 Å². The van der Waals surface area contributed by atoms with E-state index in [4.69, 9.17) is 11.6 Å². The molecule has 0 aliphatic heterocycles. The summed E-state index contributed by atoms with van der Waals surface area (Å²) in [7, 11) is -3.54. The molecule has 0 heterocycles. The van der Waals surface area contributed by atoms with Crippen LogP contribution in [0.4, 0.5) is 5.69 Å². The van der Waals surface area contributed by atoms with Gasteiger partial charge in [-0.05, 0) is 62.9 Å². The molecular weight excluding hydrogens is 486 g/mol. The van der Waals surface area contributed by atoms with Gasteiger partial charge in [0.15, 0.2) is 0 Å². The highest BCUT2D eigenvalue weighted by Gasteiger charge is 2.28. The third kappa shape index (κ3) is 9.18. The van der Waals surface area contributed by atoms with Crippen molar-refractivity contribution in [2.24, 2.45) is 0 Å². The largest absolute Gasteiger partial charge is 0.352 e. The monoisotopic (exact) mass is 521 g/mol. The second-order valence-corrected chi connectivity index (χ2v) is 11.2. The molecule has 1 unspecified atom stereocenters. The van der Waals surface area contributed by atoms with Crippen molar-refractivity contribution < 1.29 is 18.0 Å². The average molecular weight is 522 g/mol. The van der Waals surface area contributed by atoms with Gasteiger partial charge in [0, 0.05) is 30.6 Å². The predicted octanol–water partition coefficient (Wildman–Crippen LogP) is 4.26. The van der Waals surface area contributed by atoms with Crippen LogP contribution in [0.15, 0.2) is 54.6 Å². The van der Waals surface area contributed by atoms with Crippen LogP contribution in [0.25, 0.3) is 0 Å². The summed E-state index contributed by atoms with van der Waals surface area (Å²) in [5.41, 5.74) is 1.57. The number of amides is 2. The lowest BCUT2D eigenvalue weighted by Crippen LogP contribution is -2.51. The first-order chi connectivity index (χ1) is 16.5. The molecule has 0 spiro atoms. The first-order valence-corrected chi connectivity index (χ1v) is 14.1. The van der Waals surface area contributed by atoms with E-state index in [-0.39, 0.29) is 30.8 Å². The van der Waals surface area contributed by atoms with E-state index in [9.17, 15) is 18.0 Å². The quantitative estimate of drug-likeness (QED) is 0.426. The molecule has 2 aromatic carbocycles. The number of benzene rings is 2. The molecule has 2 rings (SSSR count). The van der Waals surface area contributed by atoms with Gasteiger partial charge in [0.2, 0.25) is 21.8 Å². The smallest absolute Gasteiger partial charge is 0.242 e. The first-order valence-electron chi connectivity index (χ1n) is 11.9. The van der Waals surface area contributed by atoms with Gasteiger partial charge in [0.1, 0.15) is 6.04 Å². The normalized spacial score (nSPS) is 12.3. The zero-order valence-corrected chi connectivity index (χ0v) is 22.5. The number of carbonyl (C=O) groups excluding carboxylic acids is 2. The van der Waals surface area contributed by atoms with Crippen LogP contribution < -0.4 is 9.62 Å². The summed E-state index contributed by atoms with van der Waals surface area (Å²) < 4.78 is 26.0. The van der Waals surface area contributed by atoms with Gasteiger partial charge in [-0.1, -0.05) is 48.9 Å². The molecule has 1 N–H and O–H groups in total. The zero-order chi connectivity index (χ0) is 26.0. The molecule has 0 saturated carbocycles. The van der Waals surface area contributed by atoms with E-state index in [0.717, 1.165) is 11.8 Å². The Hall–Kier alpha value is -2.58. The molecule has 2 aromatic rings. The minimum absolute atomic E-state index is 0.0367. The molecule has 7 nitrogen and oxygen atoms in total. The van der Waals surface area contributed by atoms with Crippen molar-refractivity contribution in [3.63, 3.8) is 0 Å². The van der Waals surface area contributed by atoms with Gasteiger partial charge in [-0.15, -0.1) is 0 Å². The van der Waals surface area contributed by atoms with E-state index in [1.807, 2.05) is 51.1 Å². The highest BCUT2D eigenvalue weighted by Crippen LogP contribution is 2.21. The maximum absolute atomic E-state index is 13.3. The average Bonchev–Trinajstić information content (AvgIpc) is 2.79. The molecule has 1 atom stereocenters. The molecule has 192 valence electrons. The lowest BCUT2D eigenvalue weighted by molar-refractivity contribution is -0.141. The number of hydrogen-bond acceptors (Lipinski definition) is 4. The molecular formula is C26H36ClN3O4S. The number of halogens is 1. The van der Waals surface area contributed by atoms with Gasteiger partial charge < -0.3 is 10.2 Å². The summed E-state index contributed by atoms with van der Waals surface area (Å²) in [6.45, 7) is 6.21.